The van der Waals surface area contributed by atoms with Gasteiger partial charge >= 0.3 is 0 Å². The number of hydrogen-bond acceptors (Lipinski definition) is 5. The number of nitrogens with zero attached hydrogens (tertiary/aromatic N) is 1. The van der Waals surface area contributed by atoms with Crippen LogP contribution in [0.4, 0.5) is 0 Å². The number of likely N-dealkylation sites (tertiary alicyclic amines) is 1. The van der Waals surface area contributed by atoms with Crippen molar-refractivity contribution >= 4 is 5.91 Å². The molecular weight excluding hydrogens is 272 g/mol. The number of methoxy groups -OCH3 is 2. The van der Waals surface area contributed by atoms with Gasteiger partial charge in [-0.25, -0.2) is 0 Å². The number of likely N-dealkylation sites (N-methyl/N-ethyl adjacent to an activating group) is 1. The van der Waals surface area contributed by atoms with Crippen molar-refractivity contribution in [2.45, 2.75) is 12.1 Å². The molecule has 2 atom stereocenters. The lowest BCUT2D eigenvalue weighted by Crippen LogP contribution is -2.45. The van der Waals surface area contributed by atoms with E-state index in [1.54, 1.807) is 38.5 Å². The van der Waals surface area contributed by atoms with E-state index in [4.69, 9.17) is 14.2 Å². The molecule has 1 saturated heterocycles. The van der Waals surface area contributed by atoms with Crippen LogP contribution < -0.4 is 14.8 Å². The lowest BCUT2D eigenvalue weighted by Gasteiger charge is -2.18. The Morgan fingerprint density at radius 3 is 2.52 bits per heavy atom. The molecule has 1 heterocycles. The number of hydrogen-bond donors (Lipinski definition) is 1. The Hall–Kier alpha value is -1.79. The second-order valence-corrected chi connectivity index (χ2v) is 5.13. The summed E-state index contributed by atoms with van der Waals surface area (Å²) in [6, 6.07) is 7.13. The zero-order valence-corrected chi connectivity index (χ0v) is 12.7. The predicted molar refractivity (Wildman–Crippen MR) is 78.7 cm³/mol. The summed E-state index contributed by atoms with van der Waals surface area (Å²) in [5, 5.41) is 2.95. The highest BCUT2D eigenvalue weighted by molar-refractivity contribution is 5.78. The third kappa shape index (κ3) is 4.34. The summed E-state index contributed by atoms with van der Waals surface area (Å²) < 4.78 is 15.9. The summed E-state index contributed by atoms with van der Waals surface area (Å²) in [4.78, 5) is 14.1. The van der Waals surface area contributed by atoms with E-state index in [1.165, 1.54) is 0 Å². The van der Waals surface area contributed by atoms with Gasteiger partial charge in [-0.2, -0.15) is 0 Å². The fourth-order valence-electron chi connectivity index (χ4n) is 2.41. The maximum atomic E-state index is 11.9. The van der Waals surface area contributed by atoms with Gasteiger partial charge in [0.1, 0.15) is 11.5 Å². The summed E-state index contributed by atoms with van der Waals surface area (Å²) in [6.45, 7) is 1.59. The van der Waals surface area contributed by atoms with Crippen LogP contribution in [0.15, 0.2) is 24.3 Å². The Labute approximate surface area is 125 Å². The minimum absolute atomic E-state index is 0.00645. The maximum Gasteiger partial charge on any atom is 0.258 e. The first-order valence-corrected chi connectivity index (χ1v) is 6.90. The lowest BCUT2D eigenvalue weighted by molar-refractivity contribution is -0.124. The first-order chi connectivity index (χ1) is 10.1. The second kappa shape index (κ2) is 7.28. The molecule has 1 fully saturated rings. The number of nitrogens with one attached hydrogen (secondary N) is 1. The first-order valence-electron chi connectivity index (χ1n) is 6.90. The van der Waals surface area contributed by atoms with Gasteiger partial charge in [-0.3, -0.25) is 4.79 Å². The largest absolute Gasteiger partial charge is 0.497 e. The quantitative estimate of drug-likeness (QED) is 0.829. The second-order valence-electron chi connectivity index (χ2n) is 5.13. The van der Waals surface area contributed by atoms with Crippen LogP contribution in [0.5, 0.6) is 11.5 Å². The van der Waals surface area contributed by atoms with E-state index in [-0.39, 0.29) is 24.7 Å². The minimum Gasteiger partial charge on any atom is -0.497 e. The van der Waals surface area contributed by atoms with Crippen LogP contribution in [0.25, 0.3) is 0 Å². The van der Waals surface area contributed by atoms with E-state index >= 15 is 0 Å². The molecule has 1 aliphatic heterocycles. The van der Waals surface area contributed by atoms with Crippen molar-refractivity contribution < 1.29 is 19.0 Å². The van der Waals surface area contributed by atoms with E-state index in [1.807, 2.05) is 7.05 Å². The Kier molecular flexibility index (Phi) is 5.41. The van der Waals surface area contributed by atoms with Crippen molar-refractivity contribution in [1.29, 1.82) is 0 Å². The lowest BCUT2D eigenvalue weighted by atomic mass is 10.2. The van der Waals surface area contributed by atoms with Crippen LogP contribution in [-0.2, 0) is 9.53 Å². The molecule has 21 heavy (non-hydrogen) atoms. The smallest absolute Gasteiger partial charge is 0.258 e. The molecule has 2 rings (SSSR count). The minimum atomic E-state index is -0.145. The molecule has 6 heteroatoms. The molecule has 6 nitrogen and oxygen atoms in total. The molecule has 1 N–H and O–H groups in total. The van der Waals surface area contributed by atoms with E-state index in [0.29, 0.717) is 5.75 Å². The third-order valence-corrected chi connectivity index (χ3v) is 3.53. The molecular formula is C15H22N2O4. The van der Waals surface area contributed by atoms with Crippen LogP contribution in [-0.4, -0.2) is 63.9 Å². The highest BCUT2D eigenvalue weighted by atomic mass is 16.5. The highest BCUT2D eigenvalue weighted by Crippen LogP contribution is 2.17. The monoisotopic (exact) mass is 294 g/mol. The van der Waals surface area contributed by atoms with Crippen molar-refractivity contribution in [3.8, 4) is 11.5 Å². The molecule has 1 amide bonds. The van der Waals surface area contributed by atoms with E-state index in [0.717, 1.165) is 18.8 Å². The number of benzene rings is 1. The standard InChI is InChI=1S/C15H22N2O4/c1-17-8-13(14(9-17)20-3)16-15(18)10-21-12-6-4-11(19-2)5-7-12/h4-7,13-14H,8-10H2,1-3H3,(H,16,18)/t13-,14-/m0/s1. The first kappa shape index (κ1) is 15.6. The van der Waals surface area contributed by atoms with Crippen LogP contribution >= 0.6 is 0 Å². The zero-order chi connectivity index (χ0) is 15.2. The van der Waals surface area contributed by atoms with E-state index in [2.05, 4.69) is 10.2 Å². The molecule has 0 bridgehead atoms. The predicted octanol–water partition coefficient (Wildman–Crippen LogP) is 0.519. The Bertz CT molecular complexity index is 463. The fraction of sp³-hybridized carbons (Fsp3) is 0.533. The van der Waals surface area contributed by atoms with Crippen LogP contribution in [0.1, 0.15) is 0 Å². The number of carbonyl (C=O) groups is 1. The number of ether oxygens (including phenoxy) is 3. The Balaban J connectivity index is 1.79. The number of carbonyl (C=O) groups excluding carboxylic acids is 1. The summed E-state index contributed by atoms with van der Waals surface area (Å²) in [6.07, 6.45) is 0.0277. The van der Waals surface area contributed by atoms with Gasteiger partial charge in [0.15, 0.2) is 6.61 Å². The molecule has 0 spiro atoms. The van der Waals surface area contributed by atoms with Gasteiger partial charge < -0.3 is 24.4 Å². The molecule has 0 aliphatic carbocycles. The van der Waals surface area contributed by atoms with Crippen molar-refractivity contribution in [1.82, 2.24) is 10.2 Å². The molecule has 1 aliphatic rings. The summed E-state index contributed by atoms with van der Waals surface area (Å²) in [5.74, 6) is 1.25. The average Bonchev–Trinajstić information content (AvgIpc) is 2.85. The summed E-state index contributed by atoms with van der Waals surface area (Å²) in [5.41, 5.74) is 0. The normalized spacial score (nSPS) is 22.0. The average molecular weight is 294 g/mol. The van der Waals surface area contributed by atoms with E-state index in [9.17, 15) is 4.79 Å². The van der Waals surface area contributed by atoms with Gasteiger partial charge in [0.2, 0.25) is 0 Å². The zero-order valence-electron chi connectivity index (χ0n) is 12.7. The molecule has 0 aromatic heterocycles. The Morgan fingerprint density at radius 1 is 1.24 bits per heavy atom. The van der Waals surface area contributed by atoms with Crippen LogP contribution in [0, 0.1) is 0 Å². The SMILES string of the molecule is COc1ccc(OCC(=O)N[C@H]2CN(C)C[C@@H]2OC)cc1. The van der Waals surface area contributed by atoms with Gasteiger partial charge in [-0.1, -0.05) is 0 Å². The van der Waals surface area contributed by atoms with Gasteiger partial charge in [-0.05, 0) is 31.3 Å². The Morgan fingerprint density at radius 2 is 1.90 bits per heavy atom. The van der Waals surface area contributed by atoms with Crippen molar-refractivity contribution in [2.24, 2.45) is 0 Å². The molecule has 0 saturated carbocycles. The van der Waals surface area contributed by atoms with Crippen LogP contribution in [0.2, 0.25) is 0 Å². The maximum absolute atomic E-state index is 11.9. The van der Waals surface area contributed by atoms with Crippen molar-refractivity contribution in [2.75, 3.05) is 41.0 Å². The van der Waals surface area contributed by atoms with Crippen LogP contribution in [0.3, 0.4) is 0 Å². The molecule has 0 radical (unpaired) electrons. The topological polar surface area (TPSA) is 60.0 Å². The van der Waals surface area contributed by atoms with Crippen molar-refractivity contribution in [3.05, 3.63) is 24.3 Å². The summed E-state index contributed by atoms with van der Waals surface area (Å²) in [7, 11) is 5.27. The fourth-order valence-corrected chi connectivity index (χ4v) is 2.41. The molecule has 116 valence electrons. The number of amides is 1. The van der Waals surface area contributed by atoms with Gasteiger partial charge in [-0.15, -0.1) is 0 Å². The van der Waals surface area contributed by atoms with Crippen molar-refractivity contribution in [3.63, 3.8) is 0 Å². The highest BCUT2D eigenvalue weighted by Gasteiger charge is 2.31. The molecule has 1 aromatic carbocycles. The van der Waals surface area contributed by atoms with Gasteiger partial charge in [0, 0.05) is 20.2 Å². The van der Waals surface area contributed by atoms with Gasteiger partial charge in [0.25, 0.3) is 5.91 Å². The summed E-state index contributed by atoms with van der Waals surface area (Å²) >= 11 is 0. The third-order valence-electron chi connectivity index (χ3n) is 3.53. The van der Waals surface area contributed by atoms with Gasteiger partial charge in [0.05, 0.1) is 19.3 Å². The number of rotatable bonds is 6. The molecule has 1 aromatic rings. The van der Waals surface area contributed by atoms with E-state index < -0.39 is 0 Å². The molecule has 0 unspecified atom stereocenters.